The van der Waals surface area contributed by atoms with Crippen LogP contribution in [0.4, 0.5) is 5.69 Å². The Balaban J connectivity index is 1.52. The molecular weight excluding hydrogens is 300 g/mol. The van der Waals surface area contributed by atoms with Gasteiger partial charge in [-0.1, -0.05) is 31.7 Å². The number of nitrogens with zero attached hydrogens (tertiary/aromatic N) is 1. The first-order valence-electron chi connectivity index (χ1n) is 9.23. The second-order valence-corrected chi connectivity index (χ2v) is 7.59. The van der Waals surface area contributed by atoms with Gasteiger partial charge >= 0.3 is 0 Å². The number of benzene rings is 1. The molecule has 0 spiro atoms. The second kappa shape index (κ2) is 5.87. The maximum Gasteiger partial charge on any atom is 0.132 e. The number of nitrogens with one attached hydrogen (secondary N) is 1. The molecule has 0 aliphatic carbocycles. The van der Waals surface area contributed by atoms with Gasteiger partial charge in [-0.05, 0) is 38.2 Å². The largest absolute Gasteiger partial charge is 0.379 e. The Morgan fingerprint density at radius 2 is 2.21 bits per heavy atom. The minimum atomic E-state index is -0.985. The predicted octanol–water partition coefficient (Wildman–Crippen LogP) is 3.44. The van der Waals surface area contributed by atoms with Crippen LogP contribution in [0.15, 0.2) is 36.5 Å². The molecule has 3 aliphatic heterocycles. The van der Waals surface area contributed by atoms with E-state index in [-0.39, 0.29) is 6.23 Å². The Hall–Kier alpha value is -1.36. The number of hydrogen-bond donors (Lipinski definition) is 2. The van der Waals surface area contributed by atoms with Crippen LogP contribution in [0.2, 0.25) is 0 Å². The van der Waals surface area contributed by atoms with Crippen LogP contribution in [0.1, 0.15) is 44.6 Å². The summed E-state index contributed by atoms with van der Waals surface area (Å²) in [5, 5.41) is 14.5. The number of anilines is 1. The highest BCUT2D eigenvalue weighted by Crippen LogP contribution is 2.48. The fourth-order valence-corrected chi connectivity index (χ4v) is 4.90. The molecular formula is C20H28N2O2. The lowest BCUT2D eigenvalue weighted by Gasteiger charge is -2.45. The summed E-state index contributed by atoms with van der Waals surface area (Å²) in [7, 11) is 0. The van der Waals surface area contributed by atoms with Crippen LogP contribution in [0.5, 0.6) is 0 Å². The quantitative estimate of drug-likeness (QED) is 0.889. The highest BCUT2D eigenvalue weighted by molar-refractivity contribution is 5.66. The van der Waals surface area contributed by atoms with Crippen LogP contribution in [-0.2, 0) is 10.3 Å². The lowest BCUT2D eigenvalue weighted by atomic mass is 9.75. The molecule has 0 saturated carbocycles. The van der Waals surface area contributed by atoms with E-state index in [9.17, 15) is 5.11 Å². The standard InChI is InChI=1S/C20H28N2O2/c1-3-19-9-6-12-22(18(19)24-14-11-19)13-10-20(23)15(2)21-17-8-5-4-7-16(17)20/h4-5,7-8,18,21,23H,2-3,6,9-14H2,1H3/t18-,19+,20+/m1/s1. The topological polar surface area (TPSA) is 44.7 Å². The molecule has 0 aromatic heterocycles. The van der Waals surface area contributed by atoms with Crippen molar-refractivity contribution in [1.82, 2.24) is 4.90 Å². The first-order chi connectivity index (χ1) is 11.6. The average molecular weight is 328 g/mol. The van der Waals surface area contributed by atoms with Gasteiger partial charge in [0.25, 0.3) is 0 Å². The lowest BCUT2D eigenvalue weighted by Crippen LogP contribution is -2.51. The highest BCUT2D eigenvalue weighted by Gasteiger charge is 2.48. The third-order valence-electron chi connectivity index (χ3n) is 6.47. The normalized spacial score (nSPS) is 35.6. The van der Waals surface area contributed by atoms with E-state index in [2.05, 4.69) is 23.7 Å². The minimum Gasteiger partial charge on any atom is -0.379 e. The van der Waals surface area contributed by atoms with E-state index in [1.807, 2.05) is 24.3 Å². The number of hydrogen-bond acceptors (Lipinski definition) is 4. The van der Waals surface area contributed by atoms with Gasteiger partial charge in [0.1, 0.15) is 11.8 Å². The van der Waals surface area contributed by atoms with E-state index >= 15 is 0 Å². The zero-order valence-corrected chi connectivity index (χ0v) is 14.6. The van der Waals surface area contributed by atoms with Gasteiger partial charge in [-0.2, -0.15) is 0 Å². The van der Waals surface area contributed by atoms with Crippen molar-refractivity contribution in [3.63, 3.8) is 0 Å². The van der Waals surface area contributed by atoms with Crippen molar-refractivity contribution in [3.8, 4) is 0 Å². The molecule has 4 rings (SSSR count). The van der Waals surface area contributed by atoms with Gasteiger partial charge in [0.15, 0.2) is 0 Å². The van der Waals surface area contributed by atoms with Crippen LogP contribution < -0.4 is 5.32 Å². The zero-order chi connectivity index (χ0) is 16.8. The Morgan fingerprint density at radius 1 is 1.38 bits per heavy atom. The molecule has 0 unspecified atom stereocenters. The van der Waals surface area contributed by atoms with E-state index in [1.54, 1.807) is 0 Å². The van der Waals surface area contributed by atoms with Crippen molar-refractivity contribution in [2.45, 2.75) is 50.9 Å². The molecule has 130 valence electrons. The summed E-state index contributed by atoms with van der Waals surface area (Å²) >= 11 is 0. The van der Waals surface area contributed by atoms with Crippen molar-refractivity contribution in [1.29, 1.82) is 0 Å². The van der Waals surface area contributed by atoms with Gasteiger partial charge in [0.2, 0.25) is 0 Å². The van der Waals surface area contributed by atoms with Crippen LogP contribution in [0, 0.1) is 5.41 Å². The smallest absolute Gasteiger partial charge is 0.132 e. The maximum atomic E-state index is 11.3. The summed E-state index contributed by atoms with van der Waals surface area (Å²) < 4.78 is 6.11. The van der Waals surface area contributed by atoms with Crippen LogP contribution in [0.3, 0.4) is 0 Å². The number of fused-ring (bicyclic) bond motifs is 2. The van der Waals surface area contributed by atoms with Crippen molar-refractivity contribution < 1.29 is 9.84 Å². The molecule has 0 bridgehead atoms. The number of ether oxygens (including phenoxy) is 1. The van der Waals surface area contributed by atoms with Crippen LogP contribution >= 0.6 is 0 Å². The van der Waals surface area contributed by atoms with Crippen molar-refractivity contribution in [2.24, 2.45) is 5.41 Å². The second-order valence-electron chi connectivity index (χ2n) is 7.59. The lowest BCUT2D eigenvalue weighted by molar-refractivity contribution is -0.108. The molecule has 0 amide bonds. The third kappa shape index (κ3) is 2.32. The van der Waals surface area contributed by atoms with Crippen LogP contribution in [0.25, 0.3) is 0 Å². The summed E-state index contributed by atoms with van der Waals surface area (Å²) in [4.78, 5) is 2.45. The van der Waals surface area contributed by atoms with Gasteiger partial charge < -0.3 is 15.2 Å². The molecule has 4 nitrogen and oxygen atoms in total. The Bertz CT molecular complexity index is 646. The van der Waals surface area contributed by atoms with Crippen LogP contribution in [-0.4, -0.2) is 35.9 Å². The molecule has 24 heavy (non-hydrogen) atoms. The summed E-state index contributed by atoms with van der Waals surface area (Å²) in [6.45, 7) is 9.12. The van der Waals surface area contributed by atoms with Crippen molar-refractivity contribution in [3.05, 3.63) is 42.1 Å². The van der Waals surface area contributed by atoms with Gasteiger partial charge in [-0.15, -0.1) is 0 Å². The molecule has 1 aromatic carbocycles. The fourth-order valence-electron chi connectivity index (χ4n) is 4.90. The van der Waals surface area contributed by atoms with Crippen molar-refractivity contribution in [2.75, 3.05) is 25.0 Å². The summed E-state index contributed by atoms with van der Waals surface area (Å²) in [6, 6.07) is 7.96. The molecule has 3 heterocycles. The summed E-state index contributed by atoms with van der Waals surface area (Å²) in [5.74, 6) is 0. The average Bonchev–Trinajstić information content (AvgIpc) is 3.14. The summed E-state index contributed by atoms with van der Waals surface area (Å²) in [6.07, 6.45) is 5.71. The SMILES string of the molecule is C=C1Nc2ccccc2[C@]1(O)CCN1CCC[C@@]2(CC)CCO[C@@H]12. The Morgan fingerprint density at radius 3 is 3.04 bits per heavy atom. The van der Waals surface area contributed by atoms with E-state index < -0.39 is 5.60 Å². The molecule has 2 N–H and O–H groups in total. The molecule has 2 saturated heterocycles. The van der Waals surface area contributed by atoms with E-state index in [0.29, 0.717) is 17.5 Å². The van der Waals surface area contributed by atoms with Gasteiger partial charge in [0, 0.05) is 42.1 Å². The van der Waals surface area contributed by atoms with E-state index in [4.69, 9.17) is 4.74 Å². The third-order valence-corrected chi connectivity index (χ3v) is 6.47. The first-order valence-corrected chi connectivity index (χ1v) is 9.23. The van der Waals surface area contributed by atoms with Crippen molar-refractivity contribution >= 4 is 5.69 Å². The number of para-hydroxylation sites is 1. The first kappa shape index (κ1) is 16.1. The maximum absolute atomic E-state index is 11.3. The molecule has 3 aliphatic rings. The van der Waals surface area contributed by atoms with Gasteiger partial charge in [-0.25, -0.2) is 0 Å². The number of piperidine rings is 1. The molecule has 2 fully saturated rings. The number of rotatable bonds is 4. The molecule has 0 radical (unpaired) electrons. The van der Waals surface area contributed by atoms with E-state index in [1.165, 1.54) is 25.7 Å². The van der Waals surface area contributed by atoms with Gasteiger partial charge in [0.05, 0.1) is 0 Å². The monoisotopic (exact) mass is 328 g/mol. The fraction of sp³-hybridized carbons (Fsp3) is 0.600. The molecule has 4 heteroatoms. The predicted molar refractivity (Wildman–Crippen MR) is 95.6 cm³/mol. The number of likely N-dealkylation sites (tertiary alicyclic amines) is 1. The number of aliphatic hydroxyl groups is 1. The highest BCUT2D eigenvalue weighted by atomic mass is 16.5. The van der Waals surface area contributed by atoms with Gasteiger partial charge in [-0.3, -0.25) is 4.90 Å². The Labute approximate surface area is 144 Å². The minimum absolute atomic E-state index is 0.220. The summed E-state index contributed by atoms with van der Waals surface area (Å²) in [5.41, 5.74) is 1.95. The van der Waals surface area contributed by atoms with E-state index in [0.717, 1.165) is 30.9 Å². The molecule has 1 aromatic rings. The zero-order valence-electron chi connectivity index (χ0n) is 14.6. The molecule has 3 atom stereocenters. The Kier molecular flexibility index (Phi) is 3.94.